The van der Waals surface area contributed by atoms with Crippen LogP contribution in [0.15, 0.2) is 36.4 Å². The minimum absolute atomic E-state index is 0.0488. The molecular formula is C25H25ClFN5O3. The molecule has 0 saturated carbocycles. The molecule has 2 amide bonds. The largest absolute Gasteiger partial charge is 0.495 e. The zero-order valence-corrected chi connectivity index (χ0v) is 20.0. The van der Waals surface area contributed by atoms with Gasteiger partial charge in [-0.1, -0.05) is 18.0 Å². The monoisotopic (exact) mass is 497 g/mol. The number of nitrogens with one attached hydrogen (secondary N) is 1. The van der Waals surface area contributed by atoms with Crippen LogP contribution in [0.25, 0.3) is 11.4 Å². The number of carbonyl (C=O) groups excluding carboxylic acids is 2. The molecule has 1 aromatic heterocycles. The van der Waals surface area contributed by atoms with Crippen molar-refractivity contribution in [3.63, 3.8) is 0 Å². The number of aryl methyl sites for hydroxylation is 1. The molecule has 5 rings (SSSR count). The summed E-state index contributed by atoms with van der Waals surface area (Å²) >= 11 is 6.11. The lowest BCUT2D eigenvalue weighted by Gasteiger charge is -2.20. The van der Waals surface area contributed by atoms with Gasteiger partial charge in [0.05, 0.1) is 24.3 Å². The Balaban J connectivity index is 1.35. The number of methoxy groups -OCH3 is 1. The quantitative estimate of drug-likeness (QED) is 0.562. The van der Waals surface area contributed by atoms with Crippen molar-refractivity contribution in [1.82, 2.24) is 14.8 Å². The Morgan fingerprint density at radius 1 is 1.17 bits per heavy atom. The summed E-state index contributed by atoms with van der Waals surface area (Å²) in [4.78, 5) is 27.3. The zero-order chi connectivity index (χ0) is 24.5. The SMILES string of the molecule is COc1ccc(Cl)cc1N1CC(C(=O)Nc2ccc(F)c(-c3nnc4n3CCCCC4)c2)CC1=O. The highest BCUT2D eigenvalue weighted by atomic mass is 35.5. The Morgan fingerprint density at radius 2 is 2.03 bits per heavy atom. The van der Waals surface area contributed by atoms with Crippen molar-refractivity contribution >= 4 is 34.8 Å². The van der Waals surface area contributed by atoms with Crippen molar-refractivity contribution in [2.45, 2.75) is 38.6 Å². The third-order valence-electron chi connectivity index (χ3n) is 6.51. The Labute approximate surface area is 207 Å². The van der Waals surface area contributed by atoms with Crippen LogP contribution in [0.1, 0.15) is 31.5 Å². The summed E-state index contributed by atoms with van der Waals surface area (Å²) < 4.78 is 22.1. The maximum atomic E-state index is 14.8. The molecule has 2 aliphatic heterocycles. The second kappa shape index (κ2) is 9.65. The first kappa shape index (κ1) is 23.3. The standard InChI is InChI=1S/C25H25ClFN5O3/c1-35-21-9-6-16(26)12-20(21)32-14-15(11-23(32)33)25(34)28-17-7-8-19(27)18(13-17)24-30-29-22-5-3-2-4-10-31(22)24/h6-9,12-13,15H,2-5,10-11,14H2,1H3,(H,28,34). The highest BCUT2D eigenvalue weighted by Gasteiger charge is 2.36. The van der Waals surface area contributed by atoms with Crippen molar-refractivity contribution in [3.05, 3.63) is 53.1 Å². The summed E-state index contributed by atoms with van der Waals surface area (Å²) in [6.07, 6.45) is 3.98. The summed E-state index contributed by atoms with van der Waals surface area (Å²) in [6.45, 7) is 0.924. The first-order valence-corrected chi connectivity index (χ1v) is 12.0. The van der Waals surface area contributed by atoms with Crippen molar-refractivity contribution in [2.24, 2.45) is 5.92 Å². The molecule has 1 atom stereocenters. The second-order valence-corrected chi connectivity index (χ2v) is 9.24. The number of amides is 2. The minimum Gasteiger partial charge on any atom is -0.495 e. The van der Waals surface area contributed by atoms with E-state index in [4.69, 9.17) is 16.3 Å². The number of hydrogen-bond donors (Lipinski definition) is 1. The number of ether oxygens (including phenoxy) is 1. The molecule has 1 unspecified atom stereocenters. The number of hydrogen-bond acceptors (Lipinski definition) is 5. The Hall–Kier alpha value is -3.46. The van der Waals surface area contributed by atoms with E-state index in [-0.39, 0.29) is 30.3 Å². The molecule has 3 heterocycles. The van der Waals surface area contributed by atoms with Crippen LogP contribution in [0.4, 0.5) is 15.8 Å². The Morgan fingerprint density at radius 3 is 2.86 bits per heavy atom. The third kappa shape index (κ3) is 4.60. The summed E-state index contributed by atoms with van der Waals surface area (Å²) in [5, 5.41) is 11.8. The molecule has 0 spiro atoms. The van der Waals surface area contributed by atoms with E-state index in [0.717, 1.165) is 38.1 Å². The molecule has 1 N–H and O–H groups in total. The average molecular weight is 498 g/mol. The fourth-order valence-corrected chi connectivity index (χ4v) is 4.86. The maximum Gasteiger partial charge on any atom is 0.229 e. The molecule has 10 heteroatoms. The summed E-state index contributed by atoms with van der Waals surface area (Å²) in [7, 11) is 1.51. The zero-order valence-electron chi connectivity index (χ0n) is 19.3. The molecule has 0 aliphatic carbocycles. The van der Waals surface area contributed by atoms with E-state index in [2.05, 4.69) is 15.5 Å². The van der Waals surface area contributed by atoms with E-state index in [9.17, 15) is 14.0 Å². The van der Waals surface area contributed by atoms with Crippen LogP contribution in [0.2, 0.25) is 5.02 Å². The molecule has 1 saturated heterocycles. The summed E-state index contributed by atoms with van der Waals surface area (Å²) in [5.41, 5.74) is 1.25. The minimum atomic E-state index is -0.580. The number of anilines is 2. The van der Waals surface area contributed by atoms with Gasteiger partial charge in [-0.2, -0.15) is 0 Å². The first-order valence-electron chi connectivity index (χ1n) is 11.6. The number of benzene rings is 2. The summed E-state index contributed by atoms with van der Waals surface area (Å²) in [5.74, 6) is 0.287. The fraction of sp³-hybridized carbons (Fsp3) is 0.360. The highest BCUT2D eigenvalue weighted by molar-refractivity contribution is 6.31. The Bertz CT molecular complexity index is 1290. The van der Waals surface area contributed by atoms with Gasteiger partial charge in [-0.3, -0.25) is 9.59 Å². The summed E-state index contributed by atoms with van der Waals surface area (Å²) in [6, 6.07) is 9.39. The number of aromatic nitrogens is 3. The average Bonchev–Trinajstić information content (AvgIpc) is 3.35. The van der Waals surface area contributed by atoms with Crippen molar-refractivity contribution < 1.29 is 18.7 Å². The second-order valence-electron chi connectivity index (χ2n) is 8.81. The number of halogens is 2. The van der Waals surface area contributed by atoms with Crippen molar-refractivity contribution in [3.8, 4) is 17.1 Å². The van der Waals surface area contributed by atoms with Gasteiger partial charge in [-0.15, -0.1) is 10.2 Å². The van der Waals surface area contributed by atoms with Gasteiger partial charge in [-0.25, -0.2) is 4.39 Å². The van der Waals surface area contributed by atoms with E-state index < -0.39 is 11.7 Å². The van der Waals surface area contributed by atoms with Gasteiger partial charge in [0.2, 0.25) is 11.8 Å². The molecule has 2 aliphatic rings. The van der Waals surface area contributed by atoms with E-state index >= 15 is 0 Å². The highest BCUT2D eigenvalue weighted by Crippen LogP contribution is 2.36. The van der Waals surface area contributed by atoms with E-state index in [1.165, 1.54) is 24.1 Å². The van der Waals surface area contributed by atoms with Crippen molar-refractivity contribution in [1.29, 1.82) is 0 Å². The van der Waals surface area contributed by atoms with E-state index in [0.29, 0.717) is 28.0 Å². The van der Waals surface area contributed by atoms with Gasteiger partial charge < -0.3 is 19.5 Å². The molecule has 1 fully saturated rings. The van der Waals surface area contributed by atoms with Crippen LogP contribution in [-0.4, -0.2) is 40.2 Å². The van der Waals surface area contributed by atoms with Crippen LogP contribution >= 0.6 is 11.6 Å². The predicted molar refractivity (Wildman–Crippen MR) is 130 cm³/mol. The normalized spacial score (nSPS) is 17.7. The van der Waals surface area contributed by atoms with Gasteiger partial charge >= 0.3 is 0 Å². The number of rotatable bonds is 5. The van der Waals surface area contributed by atoms with Crippen LogP contribution in [0.3, 0.4) is 0 Å². The third-order valence-corrected chi connectivity index (χ3v) is 6.75. The smallest absolute Gasteiger partial charge is 0.229 e. The lowest BCUT2D eigenvalue weighted by Crippen LogP contribution is -2.28. The molecular weight excluding hydrogens is 473 g/mol. The topological polar surface area (TPSA) is 89.3 Å². The first-order chi connectivity index (χ1) is 16.9. The van der Waals surface area contributed by atoms with Crippen LogP contribution in [0, 0.1) is 11.7 Å². The molecule has 3 aromatic rings. The van der Waals surface area contributed by atoms with Crippen molar-refractivity contribution in [2.75, 3.05) is 23.9 Å². The molecule has 2 aromatic carbocycles. The fourth-order valence-electron chi connectivity index (χ4n) is 4.69. The van der Waals surface area contributed by atoms with Gasteiger partial charge in [0.1, 0.15) is 17.4 Å². The maximum absolute atomic E-state index is 14.8. The van der Waals surface area contributed by atoms with E-state index in [1.54, 1.807) is 24.3 Å². The van der Waals surface area contributed by atoms with Gasteiger partial charge in [0.15, 0.2) is 5.82 Å². The van der Waals surface area contributed by atoms with Crippen LogP contribution < -0.4 is 15.0 Å². The molecule has 35 heavy (non-hydrogen) atoms. The van der Waals surface area contributed by atoms with Crippen LogP contribution in [-0.2, 0) is 22.6 Å². The molecule has 182 valence electrons. The lowest BCUT2D eigenvalue weighted by molar-refractivity contribution is -0.122. The number of nitrogens with zero attached hydrogens (tertiary/aromatic N) is 4. The van der Waals surface area contributed by atoms with Gasteiger partial charge in [0.25, 0.3) is 0 Å². The number of fused-ring (bicyclic) bond motifs is 1. The van der Waals surface area contributed by atoms with Gasteiger partial charge in [0, 0.05) is 36.6 Å². The predicted octanol–water partition coefficient (Wildman–Crippen LogP) is 4.46. The van der Waals surface area contributed by atoms with Crippen LogP contribution in [0.5, 0.6) is 5.75 Å². The van der Waals surface area contributed by atoms with Gasteiger partial charge in [-0.05, 0) is 49.2 Å². The Kier molecular flexibility index (Phi) is 6.42. The molecule has 0 bridgehead atoms. The van der Waals surface area contributed by atoms with E-state index in [1.807, 2.05) is 4.57 Å². The lowest BCUT2D eigenvalue weighted by atomic mass is 10.1. The number of carbonyl (C=O) groups is 2. The molecule has 8 nitrogen and oxygen atoms in total. The molecule has 0 radical (unpaired) electrons.